The van der Waals surface area contributed by atoms with Crippen molar-refractivity contribution < 1.29 is 14.4 Å². The molecule has 4 atom stereocenters. The van der Waals surface area contributed by atoms with E-state index in [9.17, 15) is 14.4 Å². The Balaban J connectivity index is 3.35. The molecule has 0 N–H and O–H groups in total. The molecule has 1 aliphatic heterocycles. The fourth-order valence-corrected chi connectivity index (χ4v) is 20.6. The number of carbonyl (C=O) groups excluding carboxylic acids is 3. The normalized spacial score (nSPS) is 31.6. The van der Waals surface area contributed by atoms with E-state index in [4.69, 9.17) is 0 Å². The first-order valence-corrected chi connectivity index (χ1v) is 19.6. The van der Waals surface area contributed by atoms with Crippen LogP contribution in [0.3, 0.4) is 0 Å². The summed E-state index contributed by atoms with van der Waals surface area (Å²) in [5, 5.41) is 0. The van der Waals surface area contributed by atoms with Crippen LogP contribution in [0, 0.1) is 11.8 Å². The fourth-order valence-electron chi connectivity index (χ4n) is 2.98. The monoisotopic (exact) mass is 574 g/mol. The van der Waals surface area contributed by atoms with E-state index in [1.807, 2.05) is 22.9 Å². The molecule has 5 heteroatoms. The first-order chi connectivity index (χ1) is 11.4. The van der Waals surface area contributed by atoms with Crippen molar-refractivity contribution in [3.8, 4) is 0 Å². The number of hydrogen-bond acceptors (Lipinski definition) is 3. The number of allylic oxidation sites excluding steroid dienone is 2. The second-order valence-electron chi connectivity index (χ2n) is 7.01. The maximum atomic E-state index is 13.4. The van der Waals surface area contributed by atoms with Gasteiger partial charge in [-0.2, -0.15) is 0 Å². The van der Waals surface area contributed by atoms with Crippen LogP contribution >= 0.6 is 35.9 Å². The summed E-state index contributed by atoms with van der Waals surface area (Å²) in [6.45, 7) is 11.4. The summed E-state index contributed by atoms with van der Waals surface area (Å²) < 4.78 is 12.0. The van der Waals surface area contributed by atoms with Crippen LogP contribution in [0.5, 0.6) is 0 Å². The van der Waals surface area contributed by atoms with Crippen molar-refractivity contribution in [2.75, 3.05) is 9.36 Å². The number of ketones is 1. The van der Waals surface area contributed by atoms with Gasteiger partial charge < -0.3 is 0 Å². The van der Waals surface area contributed by atoms with E-state index < -0.39 is 35.9 Å². The Morgan fingerprint density at radius 1 is 1.40 bits per heavy atom. The Hall–Kier alpha value is -0.310. The number of carbonyl (C=O) groups is 3. The van der Waals surface area contributed by atoms with Crippen LogP contribution in [-0.4, -0.2) is 31.8 Å². The van der Waals surface area contributed by atoms with Gasteiger partial charge in [-0.3, -0.25) is 0 Å². The Bertz CT molecular complexity index is 727. The number of hydrogen-bond donors (Lipinski definition) is 0. The molecule has 0 aromatic heterocycles. The molecule has 4 unspecified atom stereocenters. The molecule has 1 rings (SSSR count). The van der Waals surface area contributed by atoms with Crippen LogP contribution < -0.4 is 0 Å². The summed E-state index contributed by atoms with van der Waals surface area (Å²) >= 11 is -6.36. The van der Waals surface area contributed by atoms with Gasteiger partial charge in [-0.05, 0) is 0 Å². The standard InChI is InChI=1S/C20H32I2O3/c1-9-17(12-11-14(3)23)13-22(8)19(24)16(5)15(4)18(20(22)25)21(6,7)10-2/h10,16-17H,2,6,8-9,11-13H2,1,3-5,7H3. The van der Waals surface area contributed by atoms with Gasteiger partial charge in [0.05, 0.1) is 0 Å². The van der Waals surface area contributed by atoms with E-state index in [1.165, 1.54) is 0 Å². The third kappa shape index (κ3) is 4.70. The van der Waals surface area contributed by atoms with Crippen molar-refractivity contribution in [2.24, 2.45) is 11.8 Å². The predicted molar refractivity (Wildman–Crippen MR) is 129 cm³/mol. The van der Waals surface area contributed by atoms with Crippen molar-refractivity contribution in [2.45, 2.75) is 47.0 Å². The molecule has 0 fully saturated rings. The second-order valence-corrected chi connectivity index (χ2v) is 22.7. The van der Waals surface area contributed by atoms with Crippen LogP contribution in [0.1, 0.15) is 47.0 Å². The van der Waals surface area contributed by atoms with Crippen molar-refractivity contribution >= 4 is 58.3 Å². The van der Waals surface area contributed by atoms with E-state index in [0.29, 0.717) is 10.8 Å². The number of alkyl halides is 2. The Labute approximate surface area is 159 Å². The summed E-state index contributed by atoms with van der Waals surface area (Å²) in [7, 11) is 0. The first-order valence-electron chi connectivity index (χ1n) is 8.43. The fraction of sp³-hybridized carbons (Fsp3) is 0.550. The SMILES string of the molecule is C=CI(=C)(C)C1=C(C)C(C)C(=O)I(=C)(CC(CC)CCC(C)=O)C1=O. The summed E-state index contributed by atoms with van der Waals surface area (Å²) in [4.78, 5) is 39.9. The summed E-state index contributed by atoms with van der Waals surface area (Å²) in [5.41, 5.74) is 0.892. The van der Waals surface area contributed by atoms with Crippen LogP contribution in [0.15, 0.2) is 19.8 Å². The molecule has 1 aliphatic rings. The molecule has 0 bridgehead atoms. The predicted octanol–water partition coefficient (Wildman–Crippen LogP) is 5.08. The average Bonchev–Trinajstić information content (AvgIpc) is 2.55. The molecule has 25 heavy (non-hydrogen) atoms. The molecule has 144 valence electrons. The van der Waals surface area contributed by atoms with E-state index >= 15 is 0 Å². The summed E-state index contributed by atoms with van der Waals surface area (Å²) in [6, 6.07) is 0. The van der Waals surface area contributed by atoms with Gasteiger partial charge in [0.25, 0.3) is 0 Å². The third-order valence-electron chi connectivity index (χ3n) is 4.93. The molecule has 0 saturated carbocycles. The average molecular weight is 574 g/mol. The van der Waals surface area contributed by atoms with E-state index in [-0.39, 0.29) is 25.2 Å². The summed E-state index contributed by atoms with van der Waals surface area (Å²) in [6.07, 6.45) is 2.11. The van der Waals surface area contributed by atoms with Crippen molar-refractivity contribution in [1.82, 2.24) is 0 Å². The molecule has 0 spiro atoms. The Kier molecular flexibility index (Phi) is 7.81. The molecular formula is C20H32I2O3. The Morgan fingerprint density at radius 3 is 2.40 bits per heavy atom. The van der Waals surface area contributed by atoms with E-state index in [1.54, 1.807) is 6.92 Å². The zero-order valence-corrected chi connectivity index (χ0v) is 20.5. The molecule has 1 heterocycles. The molecule has 0 radical (unpaired) electrons. The van der Waals surface area contributed by atoms with Crippen LogP contribution in [0.4, 0.5) is 0 Å². The van der Waals surface area contributed by atoms with E-state index in [2.05, 4.69) is 22.5 Å². The van der Waals surface area contributed by atoms with Gasteiger partial charge in [0.1, 0.15) is 0 Å². The maximum absolute atomic E-state index is 13.4. The molecule has 0 aliphatic carbocycles. The van der Waals surface area contributed by atoms with Crippen LogP contribution in [0.2, 0.25) is 0 Å². The van der Waals surface area contributed by atoms with Gasteiger partial charge in [0, 0.05) is 0 Å². The van der Waals surface area contributed by atoms with E-state index in [0.717, 1.165) is 22.0 Å². The number of halogens is 2. The molecular weight excluding hydrogens is 542 g/mol. The molecule has 0 aromatic rings. The van der Waals surface area contributed by atoms with Crippen LogP contribution in [0.25, 0.3) is 0 Å². The summed E-state index contributed by atoms with van der Waals surface area (Å²) in [5.74, 6) is 0.126. The van der Waals surface area contributed by atoms with Gasteiger partial charge in [0.2, 0.25) is 0 Å². The van der Waals surface area contributed by atoms with Crippen molar-refractivity contribution in [1.29, 1.82) is 0 Å². The zero-order chi connectivity index (χ0) is 19.6. The molecule has 3 nitrogen and oxygen atoms in total. The topological polar surface area (TPSA) is 51.2 Å². The molecule has 0 amide bonds. The molecule has 0 aromatic carbocycles. The minimum absolute atomic E-state index is 0.0302. The minimum atomic E-state index is -3.56. The zero-order valence-electron chi connectivity index (χ0n) is 16.2. The van der Waals surface area contributed by atoms with Gasteiger partial charge in [0.15, 0.2) is 0 Å². The van der Waals surface area contributed by atoms with Crippen LogP contribution in [-0.2, 0) is 14.4 Å². The Morgan fingerprint density at radius 2 is 1.96 bits per heavy atom. The van der Waals surface area contributed by atoms with Gasteiger partial charge in [-0.1, -0.05) is 0 Å². The second kappa shape index (κ2) is 8.59. The van der Waals surface area contributed by atoms with Crippen molar-refractivity contribution in [3.05, 3.63) is 19.8 Å². The van der Waals surface area contributed by atoms with Crippen molar-refractivity contribution in [3.63, 3.8) is 0 Å². The number of Topliss-reactive ketones (excluding diaryl/α,β-unsaturated/α-hetero) is 1. The first kappa shape index (κ1) is 22.7. The van der Waals surface area contributed by atoms with Gasteiger partial charge >= 0.3 is 161 Å². The quantitative estimate of drug-likeness (QED) is 0.231. The van der Waals surface area contributed by atoms with Gasteiger partial charge in [-0.25, -0.2) is 0 Å². The molecule has 0 saturated heterocycles. The third-order valence-corrected chi connectivity index (χ3v) is 19.8. The van der Waals surface area contributed by atoms with Gasteiger partial charge in [-0.15, -0.1) is 0 Å². The number of rotatable bonds is 8.